The zero-order valence-corrected chi connectivity index (χ0v) is 9.18. The van der Waals surface area contributed by atoms with Crippen molar-refractivity contribution in [2.75, 3.05) is 0 Å². The molecule has 0 fully saturated rings. The molecule has 0 aliphatic rings. The maximum atomic E-state index is 4.44. The van der Waals surface area contributed by atoms with Gasteiger partial charge in [0.1, 0.15) is 12.0 Å². The largest absolute Gasteiger partial charge is 0.310 e. The number of aromatic nitrogens is 4. The summed E-state index contributed by atoms with van der Waals surface area (Å²) in [7, 11) is 1.97. The molecule has 2 rings (SSSR count). The minimum Gasteiger partial charge on any atom is -0.310 e. The summed E-state index contributed by atoms with van der Waals surface area (Å²) >= 11 is 0. The van der Waals surface area contributed by atoms with Crippen molar-refractivity contribution in [3.8, 4) is 11.5 Å². The quantitative estimate of drug-likeness (QED) is 0.649. The molecule has 0 amide bonds. The van der Waals surface area contributed by atoms with Crippen LogP contribution in [0.3, 0.4) is 0 Å². The van der Waals surface area contributed by atoms with Crippen LogP contribution >= 0.6 is 0 Å². The second-order valence-electron chi connectivity index (χ2n) is 3.82. The molecule has 2 aromatic heterocycles. The molecule has 2 heterocycles. The lowest BCUT2D eigenvalue weighted by molar-refractivity contribution is 0.603. The molecule has 0 unspecified atom stereocenters. The van der Waals surface area contributed by atoms with Crippen LogP contribution in [0.4, 0.5) is 0 Å². The van der Waals surface area contributed by atoms with E-state index in [-0.39, 0.29) is 0 Å². The Balaban J connectivity index is 2.49. The minimum absolute atomic E-state index is 0.345. The molecule has 4 nitrogen and oxygen atoms in total. The van der Waals surface area contributed by atoms with Gasteiger partial charge in [0.2, 0.25) is 0 Å². The molecule has 15 heavy (non-hydrogen) atoms. The second-order valence-corrected chi connectivity index (χ2v) is 3.82. The van der Waals surface area contributed by atoms with Gasteiger partial charge in [-0.3, -0.25) is 4.98 Å². The van der Waals surface area contributed by atoms with Crippen molar-refractivity contribution in [3.05, 3.63) is 24.5 Å². The summed E-state index contributed by atoms with van der Waals surface area (Å²) < 4.78 is 2.02. The van der Waals surface area contributed by atoms with E-state index in [1.54, 1.807) is 6.33 Å². The van der Waals surface area contributed by atoms with Gasteiger partial charge in [-0.05, 0) is 25.5 Å². The Labute approximate surface area is 89.8 Å². The number of hydrogen-bond acceptors (Lipinski definition) is 3. The zero-order valence-electron chi connectivity index (χ0n) is 9.18. The topological polar surface area (TPSA) is 43.6 Å². The summed E-state index contributed by atoms with van der Waals surface area (Å²) in [6.45, 7) is 4.20. The van der Waals surface area contributed by atoms with Crippen LogP contribution in [0.1, 0.15) is 19.9 Å². The monoisotopic (exact) mass is 200 g/mol. The zero-order chi connectivity index (χ0) is 10.8. The minimum atomic E-state index is 0.345. The van der Waals surface area contributed by atoms with Gasteiger partial charge in [0, 0.05) is 6.04 Å². The Morgan fingerprint density at radius 3 is 2.80 bits per heavy atom. The Kier molecular flexibility index (Phi) is 2.54. The highest BCUT2D eigenvalue weighted by molar-refractivity contribution is 6.30. The fourth-order valence-electron chi connectivity index (χ4n) is 1.47. The molecular formula is C10H13BN4. The Morgan fingerprint density at radius 1 is 1.33 bits per heavy atom. The molecule has 0 radical (unpaired) electrons. The fourth-order valence-corrected chi connectivity index (χ4v) is 1.47. The van der Waals surface area contributed by atoms with Crippen LogP contribution in [0, 0.1) is 0 Å². The number of nitrogens with zero attached hydrogens (tertiary/aromatic N) is 4. The van der Waals surface area contributed by atoms with Crippen LogP contribution in [-0.2, 0) is 0 Å². The Bertz CT molecular complexity index is 464. The van der Waals surface area contributed by atoms with E-state index < -0.39 is 0 Å². The normalized spacial score (nSPS) is 10.9. The molecule has 0 aliphatic heterocycles. The lowest BCUT2D eigenvalue weighted by Crippen LogP contribution is -2.10. The van der Waals surface area contributed by atoms with Crippen molar-refractivity contribution < 1.29 is 0 Å². The van der Waals surface area contributed by atoms with Crippen LogP contribution in [0.25, 0.3) is 11.5 Å². The van der Waals surface area contributed by atoms with E-state index in [0.29, 0.717) is 6.04 Å². The number of pyridine rings is 1. The molecular weight excluding hydrogens is 187 g/mol. The van der Waals surface area contributed by atoms with Gasteiger partial charge in [-0.2, -0.15) is 0 Å². The smallest absolute Gasteiger partial charge is 0.182 e. The van der Waals surface area contributed by atoms with Crippen molar-refractivity contribution in [1.29, 1.82) is 0 Å². The van der Waals surface area contributed by atoms with Gasteiger partial charge >= 0.3 is 0 Å². The first-order valence-corrected chi connectivity index (χ1v) is 5.02. The van der Waals surface area contributed by atoms with Gasteiger partial charge in [-0.25, -0.2) is 0 Å². The number of hydrogen-bond donors (Lipinski definition) is 0. The highest BCUT2D eigenvalue weighted by Gasteiger charge is 2.10. The molecule has 0 saturated carbocycles. The number of rotatable bonds is 2. The van der Waals surface area contributed by atoms with Gasteiger partial charge in [0.05, 0.1) is 0 Å². The molecule has 0 bridgehead atoms. The van der Waals surface area contributed by atoms with Crippen molar-refractivity contribution >= 4 is 13.4 Å². The third kappa shape index (κ3) is 1.91. The molecule has 0 atom stereocenters. The molecule has 2 aromatic rings. The SMILES string of the molecule is Bc1cccc(-c2nncn2C(C)C)n1. The van der Waals surface area contributed by atoms with Crippen molar-refractivity contribution in [1.82, 2.24) is 19.7 Å². The standard InChI is InChI=1S/C10H13BN4/c1-7(2)15-6-12-14-10(15)8-4-3-5-9(11)13-8/h3-7H,11H2,1-2H3. The van der Waals surface area contributed by atoms with E-state index in [9.17, 15) is 0 Å². The van der Waals surface area contributed by atoms with E-state index in [1.165, 1.54) is 0 Å². The Morgan fingerprint density at radius 2 is 2.13 bits per heavy atom. The molecule has 0 aromatic carbocycles. The molecule has 0 saturated heterocycles. The van der Waals surface area contributed by atoms with Crippen LogP contribution in [0.15, 0.2) is 24.5 Å². The van der Waals surface area contributed by atoms with E-state index >= 15 is 0 Å². The van der Waals surface area contributed by atoms with E-state index in [2.05, 4.69) is 29.0 Å². The summed E-state index contributed by atoms with van der Waals surface area (Å²) in [4.78, 5) is 4.44. The van der Waals surface area contributed by atoms with Crippen LogP contribution in [-0.4, -0.2) is 27.6 Å². The van der Waals surface area contributed by atoms with Gasteiger partial charge in [-0.1, -0.05) is 12.1 Å². The predicted octanol–water partition coefficient (Wildman–Crippen LogP) is 0.179. The molecule has 76 valence electrons. The third-order valence-electron chi connectivity index (χ3n) is 2.25. The lowest BCUT2D eigenvalue weighted by Gasteiger charge is -2.09. The maximum Gasteiger partial charge on any atom is 0.182 e. The summed E-state index contributed by atoms with van der Waals surface area (Å²) in [6.07, 6.45) is 1.74. The summed E-state index contributed by atoms with van der Waals surface area (Å²) in [6, 6.07) is 6.25. The predicted molar refractivity (Wildman–Crippen MR) is 61.8 cm³/mol. The highest BCUT2D eigenvalue weighted by atomic mass is 15.3. The first-order chi connectivity index (χ1) is 7.18. The van der Waals surface area contributed by atoms with Gasteiger partial charge in [-0.15, -0.1) is 10.2 Å². The van der Waals surface area contributed by atoms with Gasteiger partial charge < -0.3 is 4.57 Å². The van der Waals surface area contributed by atoms with E-state index in [4.69, 9.17) is 0 Å². The van der Waals surface area contributed by atoms with Crippen LogP contribution < -0.4 is 5.59 Å². The van der Waals surface area contributed by atoms with Crippen molar-refractivity contribution in [2.24, 2.45) is 0 Å². The molecule has 0 aliphatic carbocycles. The van der Waals surface area contributed by atoms with Crippen LogP contribution in [0.2, 0.25) is 0 Å². The molecule has 0 N–H and O–H groups in total. The summed E-state index contributed by atoms with van der Waals surface area (Å²) in [5, 5.41) is 8.02. The maximum absolute atomic E-state index is 4.44. The second kappa shape index (κ2) is 3.84. The average molecular weight is 200 g/mol. The van der Waals surface area contributed by atoms with Gasteiger partial charge in [0.15, 0.2) is 13.7 Å². The summed E-state index contributed by atoms with van der Waals surface area (Å²) in [5.74, 6) is 0.828. The molecule has 5 heteroatoms. The first-order valence-electron chi connectivity index (χ1n) is 5.02. The third-order valence-corrected chi connectivity index (χ3v) is 2.25. The highest BCUT2D eigenvalue weighted by Crippen LogP contribution is 2.16. The Hall–Kier alpha value is -1.65. The van der Waals surface area contributed by atoms with Crippen molar-refractivity contribution in [3.63, 3.8) is 0 Å². The van der Waals surface area contributed by atoms with Crippen LogP contribution in [0.5, 0.6) is 0 Å². The summed E-state index contributed by atoms with van der Waals surface area (Å²) in [5.41, 5.74) is 1.87. The van der Waals surface area contributed by atoms with Gasteiger partial charge in [0.25, 0.3) is 0 Å². The lowest BCUT2D eigenvalue weighted by atomic mass is 10.0. The fraction of sp³-hybridized carbons (Fsp3) is 0.300. The van der Waals surface area contributed by atoms with E-state index in [1.807, 2.05) is 30.6 Å². The molecule has 0 spiro atoms. The van der Waals surface area contributed by atoms with Crippen molar-refractivity contribution in [2.45, 2.75) is 19.9 Å². The first kappa shape index (κ1) is 9.89. The van der Waals surface area contributed by atoms with E-state index in [0.717, 1.165) is 17.1 Å². The average Bonchev–Trinajstić information content (AvgIpc) is 2.65.